The molecule has 5 nitrogen and oxygen atoms in total. The quantitative estimate of drug-likeness (QED) is 0.774. The summed E-state index contributed by atoms with van der Waals surface area (Å²) in [5, 5.41) is 0. The summed E-state index contributed by atoms with van der Waals surface area (Å²) in [6.45, 7) is 1.28. The van der Waals surface area contributed by atoms with E-state index in [0.717, 1.165) is 4.47 Å². The summed E-state index contributed by atoms with van der Waals surface area (Å²) in [5.74, 6) is -0.199. The van der Waals surface area contributed by atoms with Crippen molar-refractivity contribution in [2.24, 2.45) is 0 Å². The predicted molar refractivity (Wildman–Crippen MR) is 45.1 cm³/mol. The molecular formula is C6H6BrN3O2. The highest BCUT2D eigenvalue weighted by atomic mass is 79.9. The molecule has 0 saturated heterocycles. The van der Waals surface area contributed by atoms with Crippen LogP contribution in [-0.2, 0) is 9.63 Å². The third-order valence-electron chi connectivity index (χ3n) is 0.906. The third-order valence-corrected chi connectivity index (χ3v) is 1.32. The molecule has 12 heavy (non-hydrogen) atoms. The minimum Gasteiger partial charge on any atom is -0.341 e. The summed E-state index contributed by atoms with van der Waals surface area (Å²) in [4.78, 5) is 22.4. The molecule has 64 valence electrons. The van der Waals surface area contributed by atoms with Crippen LogP contribution in [0.4, 0.5) is 5.95 Å². The Bertz CT molecular complexity index is 275. The maximum Gasteiger partial charge on any atom is 0.329 e. The van der Waals surface area contributed by atoms with Crippen molar-refractivity contribution in [1.82, 2.24) is 9.97 Å². The van der Waals surface area contributed by atoms with Gasteiger partial charge in [-0.1, -0.05) is 0 Å². The van der Waals surface area contributed by atoms with E-state index >= 15 is 0 Å². The second-order valence-electron chi connectivity index (χ2n) is 1.92. The van der Waals surface area contributed by atoms with E-state index in [-0.39, 0.29) is 5.95 Å². The fourth-order valence-corrected chi connectivity index (χ4v) is 0.687. The van der Waals surface area contributed by atoms with Crippen molar-refractivity contribution in [3.05, 3.63) is 16.9 Å². The van der Waals surface area contributed by atoms with Crippen LogP contribution < -0.4 is 5.48 Å². The Morgan fingerprint density at radius 1 is 1.58 bits per heavy atom. The van der Waals surface area contributed by atoms with E-state index in [0.29, 0.717) is 0 Å². The normalized spacial score (nSPS) is 9.17. The number of aromatic nitrogens is 2. The van der Waals surface area contributed by atoms with Crippen molar-refractivity contribution in [2.45, 2.75) is 6.92 Å². The first-order valence-electron chi connectivity index (χ1n) is 3.09. The standard InChI is InChI=1S/C6H6BrN3O2/c1-4(11)12-10-6-8-2-5(7)3-9-6/h2-3H,1H3,(H,8,9,10). The monoisotopic (exact) mass is 231 g/mol. The molecule has 0 unspecified atom stereocenters. The van der Waals surface area contributed by atoms with Crippen LogP contribution in [0.1, 0.15) is 6.92 Å². The second kappa shape index (κ2) is 4.01. The zero-order valence-electron chi connectivity index (χ0n) is 6.24. The van der Waals surface area contributed by atoms with Crippen molar-refractivity contribution in [3.63, 3.8) is 0 Å². The van der Waals surface area contributed by atoms with E-state index in [2.05, 4.69) is 36.2 Å². The van der Waals surface area contributed by atoms with Crippen LogP contribution in [-0.4, -0.2) is 15.9 Å². The number of halogens is 1. The molecule has 0 aliphatic carbocycles. The van der Waals surface area contributed by atoms with E-state index < -0.39 is 5.97 Å². The van der Waals surface area contributed by atoms with Gasteiger partial charge in [0.25, 0.3) is 5.95 Å². The number of carbonyl (C=O) groups excluding carboxylic acids is 1. The van der Waals surface area contributed by atoms with Gasteiger partial charge >= 0.3 is 5.97 Å². The molecule has 6 heteroatoms. The van der Waals surface area contributed by atoms with E-state index in [4.69, 9.17) is 0 Å². The average molecular weight is 232 g/mol. The van der Waals surface area contributed by atoms with Crippen LogP contribution in [0.2, 0.25) is 0 Å². The van der Waals surface area contributed by atoms with Crippen LogP contribution >= 0.6 is 15.9 Å². The smallest absolute Gasteiger partial charge is 0.329 e. The predicted octanol–water partition coefficient (Wildman–Crippen LogP) is 1.13. The number of nitrogens with one attached hydrogen (secondary N) is 1. The Balaban J connectivity index is 2.53. The minimum absolute atomic E-state index is 0.244. The molecule has 1 aromatic heterocycles. The van der Waals surface area contributed by atoms with Crippen molar-refractivity contribution in [3.8, 4) is 0 Å². The highest BCUT2D eigenvalue weighted by Crippen LogP contribution is 2.06. The molecule has 0 amide bonds. The van der Waals surface area contributed by atoms with Gasteiger partial charge in [-0.25, -0.2) is 9.97 Å². The Hall–Kier alpha value is -1.17. The summed E-state index contributed by atoms with van der Waals surface area (Å²) >= 11 is 3.16. The molecule has 0 fully saturated rings. The Kier molecular flexibility index (Phi) is 2.98. The van der Waals surface area contributed by atoms with Crippen molar-refractivity contribution in [1.29, 1.82) is 0 Å². The Morgan fingerprint density at radius 3 is 2.67 bits per heavy atom. The van der Waals surface area contributed by atoms with Crippen LogP contribution in [0, 0.1) is 0 Å². The maximum absolute atomic E-state index is 10.3. The molecule has 1 rings (SSSR count). The first-order chi connectivity index (χ1) is 5.68. The van der Waals surface area contributed by atoms with Crippen LogP contribution in [0.5, 0.6) is 0 Å². The molecular weight excluding hydrogens is 226 g/mol. The molecule has 0 aromatic carbocycles. The van der Waals surface area contributed by atoms with Gasteiger partial charge in [0.2, 0.25) is 0 Å². The summed E-state index contributed by atoms with van der Waals surface area (Å²) in [7, 11) is 0. The van der Waals surface area contributed by atoms with E-state index in [1.54, 1.807) is 12.4 Å². The van der Waals surface area contributed by atoms with Gasteiger partial charge < -0.3 is 4.84 Å². The van der Waals surface area contributed by atoms with Gasteiger partial charge in [-0.05, 0) is 15.9 Å². The van der Waals surface area contributed by atoms with Gasteiger partial charge in [0.15, 0.2) is 0 Å². The highest BCUT2D eigenvalue weighted by molar-refractivity contribution is 9.10. The number of hydrogen-bond acceptors (Lipinski definition) is 5. The van der Waals surface area contributed by atoms with Gasteiger partial charge in [-0.15, -0.1) is 0 Å². The lowest BCUT2D eigenvalue weighted by Gasteiger charge is -2.01. The topological polar surface area (TPSA) is 64.1 Å². The third kappa shape index (κ3) is 2.83. The molecule has 0 radical (unpaired) electrons. The summed E-state index contributed by atoms with van der Waals surface area (Å²) < 4.78 is 0.760. The average Bonchev–Trinajstić information content (AvgIpc) is 2.03. The van der Waals surface area contributed by atoms with Gasteiger partial charge in [0.05, 0.1) is 4.47 Å². The Morgan fingerprint density at radius 2 is 2.17 bits per heavy atom. The van der Waals surface area contributed by atoms with Crippen LogP contribution in [0.25, 0.3) is 0 Å². The highest BCUT2D eigenvalue weighted by Gasteiger charge is 1.96. The van der Waals surface area contributed by atoms with Gasteiger partial charge in [-0.3, -0.25) is 4.79 Å². The van der Waals surface area contributed by atoms with E-state index in [9.17, 15) is 4.79 Å². The fraction of sp³-hybridized carbons (Fsp3) is 0.167. The molecule has 0 saturated carbocycles. The minimum atomic E-state index is -0.443. The molecule has 1 aromatic rings. The zero-order valence-corrected chi connectivity index (χ0v) is 7.83. The molecule has 0 bridgehead atoms. The van der Waals surface area contributed by atoms with E-state index in [1.165, 1.54) is 6.92 Å². The van der Waals surface area contributed by atoms with E-state index in [1.807, 2.05) is 0 Å². The summed E-state index contributed by atoms with van der Waals surface area (Å²) in [6.07, 6.45) is 3.08. The maximum atomic E-state index is 10.3. The number of nitrogens with zero attached hydrogens (tertiary/aromatic N) is 2. The SMILES string of the molecule is CC(=O)ONc1ncc(Br)cn1. The number of rotatable bonds is 2. The molecule has 0 aliphatic rings. The largest absolute Gasteiger partial charge is 0.341 e. The van der Waals surface area contributed by atoms with Crippen molar-refractivity contribution < 1.29 is 9.63 Å². The number of anilines is 1. The molecule has 0 aliphatic heterocycles. The first kappa shape index (κ1) is 8.92. The zero-order chi connectivity index (χ0) is 8.97. The van der Waals surface area contributed by atoms with Crippen molar-refractivity contribution in [2.75, 3.05) is 5.48 Å². The lowest BCUT2D eigenvalue weighted by molar-refractivity contribution is -0.138. The molecule has 1 heterocycles. The lowest BCUT2D eigenvalue weighted by atomic mass is 10.7. The van der Waals surface area contributed by atoms with Gasteiger partial charge in [0, 0.05) is 19.3 Å². The van der Waals surface area contributed by atoms with Crippen LogP contribution in [0.15, 0.2) is 16.9 Å². The van der Waals surface area contributed by atoms with Crippen LogP contribution in [0.3, 0.4) is 0 Å². The molecule has 1 N–H and O–H groups in total. The summed E-state index contributed by atoms with van der Waals surface area (Å²) in [6, 6.07) is 0. The fourth-order valence-electron chi connectivity index (χ4n) is 0.482. The van der Waals surface area contributed by atoms with Gasteiger partial charge in [0.1, 0.15) is 0 Å². The molecule has 0 atom stereocenters. The summed E-state index contributed by atoms with van der Waals surface area (Å²) in [5.41, 5.74) is 2.28. The Labute approximate surface area is 77.2 Å². The second-order valence-corrected chi connectivity index (χ2v) is 2.84. The lowest BCUT2D eigenvalue weighted by Crippen LogP contribution is -2.08. The molecule has 0 spiro atoms. The van der Waals surface area contributed by atoms with Crippen molar-refractivity contribution >= 4 is 27.8 Å². The first-order valence-corrected chi connectivity index (χ1v) is 3.89. The van der Waals surface area contributed by atoms with Gasteiger partial charge in [-0.2, -0.15) is 5.48 Å². The number of carbonyl (C=O) groups is 1. The number of hydrogen-bond donors (Lipinski definition) is 1.